The summed E-state index contributed by atoms with van der Waals surface area (Å²) in [7, 11) is 0. The molecule has 9 heavy (non-hydrogen) atoms. The van der Waals surface area contributed by atoms with Gasteiger partial charge in [-0.3, -0.25) is 9.79 Å². The Labute approximate surface area is 54.3 Å². The van der Waals surface area contributed by atoms with Crippen LogP contribution in [0, 0.1) is 0 Å². The minimum atomic E-state index is 0.0856. The van der Waals surface area contributed by atoms with Crippen molar-refractivity contribution in [3.05, 3.63) is 11.6 Å². The fourth-order valence-electron chi connectivity index (χ4n) is 0.884. The van der Waals surface area contributed by atoms with Gasteiger partial charge in [-0.1, -0.05) is 0 Å². The largest absolute Gasteiger partial charge is 0.295 e. The third kappa shape index (κ3) is 1.07. The van der Waals surface area contributed by atoms with Gasteiger partial charge in [0, 0.05) is 11.8 Å². The number of carbonyl (C=O) groups is 1. The SMILES string of the molecule is CC(=O)C1=CC=NC1C. The van der Waals surface area contributed by atoms with E-state index in [0.29, 0.717) is 0 Å². The average Bonchev–Trinajstić information content (AvgIpc) is 2.13. The molecule has 1 rings (SSSR count). The van der Waals surface area contributed by atoms with Crippen LogP contribution in [0.15, 0.2) is 16.6 Å². The van der Waals surface area contributed by atoms with Crippen LogP contribution in [-0.2, 0) is 4.79 Å². The molecule has 0 spiro atoms. The molecule has 1 aliphatic rings. The Kier molecular flexibility index (Phi) is 1.47. The molecule has 0 aromatic heterocycles. The highest BCUT2D eigenvalue weighted by molar-refractivity contribution is 6.00. The van der Waals surface area contributed by atoms with E-state index < -0.39 is 0 Å². The van der Waals surface area contributed by atoms with Crippen molar-refractivity contribution in [3.8, 4) is 0 Å². The van der Waals surface area contributed by atoms with Crippen LogP contribution in [0.4, 0.5) is 0 Å². The van der Waals surface area contributed by atoms with Crippen LogP contribution < -0.4 is 0 Å². The van der Waals surface area contributed by atoms with Gasteiger partial charge in [-0.05, 0) is 19.9 Å². The fraction of sp³-hybridized carbons (Fsp3) is 0.429. The van der Waals surface area contributed by atoms with Gasteiger partial charge in [-0.25, -0.2) is 0 Å². The van der Waals surface area contributed by atoms with Gasteiger partial charge in [-0.15, -0.1) is 0 Å². The Morgan fingerprint density at radius 2 is 2.44 bits per heavy atom. The van der Waals surface area contributed by atoms with Crippen LogP contribution in [0.25, 0.3) is 0 Å². The van der Waals surface area contributed by atoms with E-state index in [1.165, 1.54) is 0 Å². The standard InChI is InChI=1S/C7H9NO/c1-5-7(6(2)9)3-4-8-5/h3-5H,1-2H3. The fourth-order valence-corrected chi connectivity index (χ4v) is 0.884. The van der Waals surface area contributed by atoms with Crippen molar-refractivity contribution in [2.24, 2.45) is 4.99 Å². The van der Waals surface area contributed by atoms with Crippen molar-refractivity contribution in [2.75, 3.05) is 0 Å². The second-order valence-electron chi connectivity index (χ2n) is 2.15. The first-order valence-electron chi connectivity index (χ1n) is 2.96. The second-order valence-corrected chi connectivity index (χ2v) is 2.15. The van der Waals surface area contributed by atoms with Gasteiger partial charge in [0.05, 0.1) is 6.04 Å². The molecule has 0 fully saturated rings. The zero-order chi connectivity index (χ0) is 6.85. The van der Waals surface area contributed by atoms with Crippen molar-refractivity contribution in [3.63, 3.8) is 0 Å². The minimum absolute atomic E-state index is 0.0856. The lowest BCUT2D eigenvalue weighted by atomic mass is 10.1. The molecule has 1 unspecified atom stereocenters. The molecule has 0 aliphatic carbocycles. The molecular formula is C7H9NO. The van der Waals surface area contributed by atoms with Crippen molar-refractivity contribution in [1.29, 1.82) is 0 Å². The van der Waals surface area contributed by atoms with Crippen LogP contribution in [0.1, 0.15) is 13.8 Å². The average molecular weight is 123 g/mol. The molecule has 0 N–H and O–H groups in total. The summed E-state index contributed by atoms with van der Waals surface area (Å²) in [5.41, 5.74) is 0.815. The topological polar surface area (TPSA) is 29.4 Å². The maximum absolute atomic E-state index is 10.7. The first-order valence-corrected chi connectivity index (χ1v) is 2.96. The van der Waals surface area contributed by atoms with Gasteiger partial charge in [-0.2, -0.15) is 0 Å². The molecule has 0 saturated heterocycles. The van der Waals surface area contributed by atoms with Crippen molar-refractivity contribution in [2.45, 2.75) is 19.9 Å². The predicted molar refractivity (Wildman–Crippen MR) is 36.7 cm³/mol. The number of carbonyl (C=O) groups excluding carboxylic acids is 1. The molecule has 48 valence electrons. The maximum Gasteiger partial charge on any atom is 0.157 e. The molecule has 1 aliphatic heterocycles. The summed E-state index contributed by atoms with van der Waals surface area (Å²) in [6.45, 7) is 3.48. The van der Waals surface area contributed by atoms with Gasteiger partial charge < -0.3 is 0 Å². The highest BCUT2D eigenvalue weighted by Gasteiger charge is 2.13. The Balaban J connectivity index is 2.76. The third-order valence-corrected chi connectivity index (χ3v) is 1.42. The maximum atomic E-state index is 10.7. The number of ketones is 1. The molecule has 0 amide bonds. The minimum Gasteiger partial charge on any atom is -0.295 e. The second kappa shape index (κ2) is 2.13. The van der Waals surface area contributed by atoms with E-state index in [9.17, 15) is 4.79 Å². The molecule has 1 heterocycles. The van der Waals surface area contributed by atoms with Gasteiger partial charge in [0.25, 0.3) is 0 Å². The Morgan fingerprint density at radius 3 is 2.67 bits per heavy atom. The van der Waals surface area contributed by atoms with E-state index in [1.807, 2.05) is 6.92 Å². The lowest BCUT2D eigenvalue weighted by Gasteiger charge is -2.00. The van der Waals surface area contributed by atoms with E-state index in [1.54, 1.807) is 19.2 Å². The Hall–Kier alpha value is -0.920. The third-order valence-electron chi connectivity index (χ3n) is 1.42. The monoisotopic (exact) mass is 123 g/mol. The molecular weight excluding hydrogens is 114 g/mol. The molecule has 2 heteroatoms. The molecule has 0 saturated carbocycles. The van der Waals surface area contributed by atoms with E-state index >= 15 is 0 Å². The molecule has 2 nitrogen and oxygen atoms in total. The number of hydrogen-bond acceptors (Lipinski definition) is 2. The summed E-state index contributed by atoms with van der Waals surface area (Å²) in [6.07, 6.45) is 3.45. The van der Waals surface area contributed by atoms with Crippen molar-refractivity contribution in [1.82, 2.24) is 0 Å². The number of hydrogen-bond donors (Lipinski definition) is 0. The molecule has 1 atom stereocenters. The predicted octanol–water partition coefficient (Wildman–Crippen LogP) is 0.975. The van der Waals surface area contributed by atoms with Crippen LogP contribution in [0.5, 0.6) is 0 Å². The smallest absolute Gasteiger partial charge is 0.157 e. The van der Waals surface area contributed by atoms with Gasteiger partial charge in [0.2, 0.25) is 0 Å². The number of allylic oxidation sites excluding steroid dienone is 1. The summed E-state index contributed by atoms with van der Waals surface area (Å²) in [5, 5.41) is 0. The van der Waals surface area contributed by atoms with Crippen LogP contribution in [0.2, 0.25) is 0 Å². The molecule has 0 bridgehead atoms. The molecule has 0 aromatic carbocycles. The van der Waals surface area contributed by atoms with Crippen LogP contribution in [0.3, 0.4) is 0 Å². The van der Waals surface area contributed by atoms with Crippen molar-refractivity contribution >= 4 is 12.0 Å². The molecule has 0 radical (unpaired) electrons. The summed E-state index contributed by atoms with van der Waals surface area (Å²) in [4.78, 5) is 14.7. The zero-order valence-electron chi connectivity index (χ0n) is 5.59. The highest BCUT2D eigenvalue weighted by atomic mass is 16.1. The van der Waals surface area contributed by atoms with Gasteiger partial charge in [0.15, 0.2) is 5.78 Å². The summed E-state index contributed by atoms with van der Waals surface area (Å²) < 4.78 is 0. The lowest BCUT2D eigenvalue weighted by molar-refractivity contribution is -0.113. The normalized spacial score (nSPS) is 24.2. The van der Waals surface area contributed by atoms with E-state index in [2.05, 4.69) is 4.99 Å². The first-order chi connectivity index (χ1) is 4.22. The molecule has 0 aromatic rings. The van der Waals surface area contributed by atoms with E-state index in [-0.39, 0.29) is 11.8 Å². The summed E-state index contributed by atoms with van der Waals surface area (Å²) in [6, 6.07) is 0.0856. The van der Waals surface area contributed by atoms with E-state index in [4.69, 9.17) is 0 Å². The van der Waals surface area contributed by atoms with Crippen LogP contribution >= 0.6 is 0 Å². The van der Waals surface area contributed by atoms with Crippen molar-refractivity contribution < 1.29 is 4.79 Å². The summed E-state index contributed by atoms with van der Waals surface area (Å²) in [5.74, 6) is 0.125. The van der Waals surface area contributed by atoms with Gasteiger partial charge >= 0.3 is 0 Å². The first kappa shape index (κ1) is 6.20. The quantitative estimate of drug-likeness (QED) is 0.511. The number of Topliss-reactive ketones (excluding diaryl/α,β-unsaturated/α-hetero) is 1. The van der Waals surface area contributed by atoms with E-state index in [0.717, 1.165) is 5.57 Å². The zero-order valence-corrected chi connectivity index (χ0v) is 5.59. The van der Waals surface area contributed by atoms with Gasteiger partial charge in [0.1, 0.15) is 0 Å². The number of aliphatic imine (C=N–C) groups is 1. The lowest BCUT2D eigenvalue weighted by Crippen LogP contribution is -2.06. The Morgan fingerprint density at radius 1 is 1.78 bits per heavy atom. The number of rotatable bonds is 1. The summed E-state index contributed by atoms with van der Waals surface area (Å²) >= 11 is 0. The van der Waals surface area contributed by atoms with Crippen LogP contribution in [-0.4, -0.2) is 18.0 Å². The Bertz CT molecular complexity index is 191. The number of nitrogens with zero attached hydrogens (tertiary/aromatic N) is 1. The highest BCUT2D eigenvalue weighted by Crippen LogP contribution is 2.10.